The van der Waals surface area contributed by atoms with E-state index in [1.54, 1.807) is 23.9 Å². The van der Waals surface area contributed by atoms with Crippen LogP contribution in [0.1, 0.15) is 17.0 Å². The van der Waals surface area contributed by atoms with Gasteiger partial charge in [0, 0.05) is 31.1 Å². The van der Waals surface area contributed by atoms with Crippen molar-refractivity contribution in [3.8, 4) is 0 Å². The highest BCUT2D eigenvalue weighted by Gasteiger charge is 2.13. The summed E-state index contributed by atoms with van der Waals surface area (Å²) in [6.45, 7) is 0.650. The van der Waals surface area contributed by atoms with Crippen molar-refractivity contribution in [2.75, 3.05) is 11.6 Å². The van der Waals surface area contributed by atoms with Gasteiger partial charge in [0.05, 0.1) is 10.4 Å². The number of rotatable bonds is 7. The molecule has 0 saturated heterocycles. The van der Waals surface area contributed by atoms with Gasteiger partial charge in [-0.3, -0.25) is 0 Å². The number of primary sulfonamides is 1. The Morgan fingerprint density at radius 2 is 1.81 bits per heavy atom. The van der Waals surface area contributed by atoms with Crippen molar-refractivity contribution in [1.29, 1.82) is 0 Å². The number of hydrogen-bond acceptors (Lipinski definition) is 6. The lowest BCUT2D eigenvalue weighted by Crippen LogP contribution is -2.12. The Labute approximate surface area is 185 Å². The molecule has 0 saturated carbocycles. The third-order valence-electron chi connectivity index (χ3n) is 5.02. The first-order valence-corrected chi connectivity index (χ1v) is 12.4. The number of hydrogen-bond donors (Lipinski definition) is 2. The highest BCUT2D eigenvalue weighted by atomic mass is 32.2. The van der Waals surface area contributed by atoms with Gasteiger partial charge in [-0.25, -0.2) is 23.5 Å². The zero-order valence-corrected chi connectivity index (χ0v) is 18.9. The molecule has 2 aromatic carbocycles. The van der Waals surface area contributed by atoms with E-state index in [4.69, 9.17) is 15.1 Å². The first-order valence-electron chi connectivity index (χ1n) is 9.64. The number of aromatic nitrogens is 3. The third kappa shape index (κ3) is 4.73. The van der Waals surface area contributed by atoms with E-state index in [2.05, 4.69) is 23.7 Å². The standard InChI is InChI=1S/C22H23N5O2S2/c1-27-12-11-18-21(27)22(24-14-16-5-3-4-6-19(16)30-2)26-20(25-18)13-15-7-9-17(10-8-15)31(23,28)29/h3-12H,13-14H2,1-2H3,(H2,23,28,29)(H,24,25,26). The van der Waals surface area contributed by atoms with Gasteiger partial charge in [-0.2, -0.15) is 0 Å². The molecule has 0 unspecified atom stereocenters. The molecule has 0 fully saturated rings. The topological polar surface area (TPSA) is 103 Å². The lowest BCUT2D eigenvalue weighted by atomic mass is 10.1. The van der Waals surface area contributed by atoms with Crippen LogP contribution < -0.4 is 10.5 Å². The van der Waals surface area contributed by atoms with Crippen LogP contribution in [0.2, 0.25) is 0 Å². The quantitative estimate of drug-likeness (QED) is 0.415. The SMILES string of the molecule is CSc1ccccc1CNc1nc(Cc2ccc(S(N)(=O)=O)cc2)nc2ccn(C)c12. The summed E-state index contributed by atoms with van der Waals surface area (Å²) in [5.41, 5.74) is 3.90. The van der Waals surface area contributed by atoms with Gasteiger partial charge in [0.15, 0.2) is 5.82 Å². The van der Waals surface area contributed by atoms with Gasteiger partial charge >= 0.3 is 0 Å². The molecule has 2 aromatic heterocycles. The number of nitrogens with zero attached hydrogens (tertiary/aromatic N) is 3. The molecule has 4 rings (SSSR count). The van der Waals surface area contributed by atoms with Crippen molar-refractivity contribution >= 4 is 38.6 Å². The third-order valence-corrected chi connectivity index (χ3v) is 6.79. The van der Waals surface area contributed by atoms with Gasteiger partial charge in [0.2, 0.25) is 10.0 Å². The molecule has 0 aliphatic carbocycles. The number of anilines is 1. The van der Waals surface area contributed by atoms with Gasteiger partial charge < -0.3 is 9.88 Å². The molecular weight excluding hydrogens is 430 g/mol. The Kier molecular flexibility index (Phi) is 5.99. The largest absolute Gasteiger partial charge is 0.364 e. The predicted octanol–water partition coefficient (Wildman–Crippen LogP) is 3.54. The average molecular weight is 454 g/mol. The molecule has 0 aliphatic heterocycles. The summed E-state index contributed by atoms with van der Waals surface area (Å²) in [7, 11) is -1.74. The van der Waals surface area contributed by atoms with Crippen molar-refractivity contribution in [2.45, 2.75) is 22.8 Å². The van der Waals surface area contributed by atoms with Crippen molar-refractivity contribution in [2.24, 2.45) is 12.2 Å². The van der Waals surface area contributed by atoms with Gasteiger partial charge in [-0.05, 0) is 41.6 Å². The van der Waals surface area contributed by atoms with E-state index in [1.807, 2.05) is 36.0 Å². The molecule has 0 amide bonds. The maximum atomic E-state index is 11.5. The average Bonchev–Trinajstić information content (AvgIpc) is 3.13. The van der Waals surface area contributed by atoms with Gasteiger partial charge in [-0.1, -0.05) is 30.3 Å². The van der Waals surface area contributed by atoms with Crippen molar-refractivity contribution in [3.63, 3.8) is 0 Å². The van der Waals surface area contributed by atoms with Crippen LogP contribution in [0, 0.1) is 0 Å². The summed E-state index contributed by atoms with van der Waals surface area (Å²) in [6.07, 6.45) is 4.51. The number of fused-ring (bicyclic) bond motifs is 1. The first-order chi connectivity index (χ1) is 14.8. The maximum Gasteiger partial charge on any atom is 0.238 e. The molecule has 7 nitrogen and oxygen atoms in total. The van der Waals surface area contributed by atoms with E-state index in [9.17, 15) is 8.42 Å². The van der Waals surface area contributed by atoms with Crippen LogP contribution in [0.25, 0.3) is 11.0 Å². The minimum Gasteiger partial charge on any atom is -0.364 e. The number of nitrogens with two attached hydrogens (primary N) is 1. The van der Waals surface area contributed by atoms with Crippen LogP contribution in [-0.4, -0.2) is 29.2 Å². The summed E-state index contributed by atoms with van der Waals surface area (Å²) in [4.78, 5) is 10.8. The van der Waals surface area contributed by atoms with Crippen molar-refractivity contribution in [3.05, 3.63) is 77.7 Å². The minimum absolute atomic E-state index is 0.0884. The molecule has 2 heterocycles. The molecular formula is C22H23N5O2S2. The molecule has 9 heteroatoms. The van der Waals surface area contributed by atoms with Gasteiger partial charge in [0.1, 0.15) is 11.3 Å². The number of sulfonamides is 1. The normalized spacial score (nSPS) is 11.7. The first kappa shape index (κ1) is 21.4. The Hall–Kier alpha value is -2.88. The molecule has 160 valence electrons. The van der Waals surface area contributed by atoms with Crippen LogP contribution >= 0.6 is 11.8 Å². The van der Waals surface area contributed by atoms with Gasteiger partial charge in [-0.15, -0.1) is 11.8 Å². The lowest BCUT2D eigenvalue weighted by Gasteiger charge is -2.12. The summed E-state index contributed by atoms with van der Waals surface area (Å²) in [5.74, 6) is 1.42. The zero-order valence-electron chi connectivity index (χ0n) is 17.2. The Balaban J connectivity index is 1.63. The van der Waals surface area contributed by atoms with Crippen molar-refractivity contribution < 1.29 is 8.42 Å². The number of thioether (sulfide) groups is 1. The van der Waals surface area contributed by atoms with Crippen LogP contribution in [0.15, 0.2) is 70.6 Å². The number of aryl methyl sites for hydroxylation is 1. The Morgan fingerprint density at radius 3 is 2.52 bits per heavy atom. The summed E-state index contributed by atoms with van der Waals surface area (Å²) < 4.78 is 24.9. The fourth-order valence-corrected chi connectivity index (χ4v) is 4.58. The van der Waals surface area contributed by atoms with E-state index >= 15 is 0 Å². The van der Waals surface area contributed by atoms with E-state index in [-0.39, 0.29) is 4.90 Å². The fraction of sp³-hybridized carbons (Fsp3) is 0.182. The summed E-state index contributed by atoms with van der Waals surface area (Å²) >= 11 is 1.72. The van der Waals surface area contributed by atoms with Crippen LogP contribution in [0.4, 0.5) is 5.82 Å². The molecule has 31 heavy (non-hydrogen) atoms. The lowest BCUT2D eigenvalue weighted by molar-refractivity contribution is 0.598. The molecule has 0 bridgehead atoms. The number of benzene rings is 2. The molecule has 0 atom stereocenters. The second kappa shape index (κ2) is 8.70. The monoisotopic (exact) mass is 453 g/mol. The second-order valence-corrected chi connectivity index (χ2v) is 9.59. The van der Waals surface area contributed by atoms with Crippen LogP contribution in [-0.2, 0) is 30.0 Å². The van der Waals surface area contributed by atoms with E-state index in [0.717, 1.165) is 22.4 Å². The Morgan fingerprint density at radius 1 is 1.06 bits per heavy atom. The van der Waals surface area contributed by atoms with E-state index in [1.165, 1.54) is 22.6 Å². The maximum absolute atomic E-state index is 11.5. The molecule has 0 aliphatic rings. The minimum atomic E-state index is -3.71. The van der Waals surface area contributed by atoms with Crippen LogP contribution in [0.3, 0.4) is 0 Å². The van der Waals surface area contributed by atoms with Crippen LogP contribution in [0.5, 0.6) is 0 Å². The zero-order chi connectivity index (χ0) is 22.0. The number of nitrogens with one attached hydrogen (secondary N) is 1. The van der Waals surface area contributed by atoms with E-state index < -0.39 is 10.0 Å². The smallest absolute Gasteiger partial charge is 0.238 e. The summed E-state index contributed by atoms with van der Waals surface area (Å²) in [6, 6.07) is 16.7. The highest BCUT2D eigenvalue weighted by Crippen LogP contribution is 2.25. The predicted molar refractivity (Wildman–Crippen MR) is 125 cm³/mol. The summed E-state index contributed by atoms with van der Waals surface area (Å²) in [5, 5.41) is 8.66. The second-order valence-electron chi connectivity index (χ2n) is 7.18. The van der Waals surface area contributed by atoms with Crippen molar-refractivity contribution in [1.82, 2.24) is 14.5 Å². The molecule has 0 spiro atoms. The molecule has 4 aromatic rings. The Bertz CT molecular complexity index is 1330. The fourth-order valence-electron chi connectivity index (χ4n) is 3.45. The van der Waals surface area contributed by atoms with Gasteiger partial charge in [0.25, 0.3) is 0 Å². The van der Waals surface area contributed by atoms with E-state index in [0.29, 0.717) is 18.8 Å². The highest BCUT2D eigenvalue weighted by molar-refractivity contribution is 7.98. The molecule has 3 N–H and O–H groups in total. The molecule has 0 radical (unpaired) electrons.